The quantitative estimate of drug-likeness (QED) is 0.565. The zero-order valence-corrected chi connectivity index (χ0v) is 10.8. The normalized spacial score (nSPS) is 8.62. The van der Waals surface area contributed by atoms with Crippen LogP contribution in [-0.4, -0.2) is 23.5 Å². The van der Waals surface area contributed by atoms with Crippen molar-refractivity contribution < 1.29 is 47.1 Å². The zero-order chi connectivity index (χ0) is 9.72. The smallest absolute Gasteiger partial charge is 0.365 e. The van der Waals surface area contributed by atoms with E-state index in [-0.39, 0.29) is 44.3 Å². The van der Waals surface area contributed by atoms with E-state index < -0.39 is 11.9 Å². The molecule has 1 N–H and O–H groups in total. The number of carbonyl (C=O) groups is 3. The van der Waals surface area contributed by atoms with Crippen LogP contribution < -0.4 is 5.32 Å². The third-order valence-corrected chi connectivity index (χ3v) is 1.36. The molecule has 1 amide bonds. The number of Topliss-reactive ketones (excluding diaryl/α,β-unsaturated/α-hetero) is 2. The van der Waals surface area contributed by atoms with E-state index in [2.05, 4.69) is 5.32 Å². The van der Waals surface area contributed by atoms with E-state index >= 15 is 0 Å². The second kappa shape index (κ2) is 7.21. The van der Waals surface area contributed by atoms with Gasteiger partial charge in [0.25, 0.3) is 0 Å². The fourth-order valence-electron chi connectivity index (χ4n) is 0.715. The van der Waals surface area contributed by atoms with Crippen LogP contribution in [0.15, 0.2) is 0 Å². The topological polar surface area (TPSA) is 63.2 Å². The summed E-state index contributed by atoms with van der Waals surface area (Å²) in [7, 11) is 0. The van der Waals surface area contributed by atoms with Crippen LogP contribution in [0.2, 0.25) is 0 Å². The van der Waals surface area contributed by atoms with Gasteiger partial charge in [0, 0.05) is 0 Å². The molecule has 0 aromatic heterocycles. The van der Waals surface area contributed by atoms with Crippen LogP contribution in [0.5, 0.6) is 0 Å². The Kier molecular flexibility index (Phi) is 8.47. The largest absolute Gasteiger partial charge is 3.00 e. The fraction of sp³-hybridized carbons (Fsp3) is 0.500. The van der Waals surface area contributed by atoms with Gasteiger partial charge in [0.1, 0.15) is 6.04 Å². The Morgan fingerprint density at radius 1 is 1.15 bits per heavy atom. The molecule has 0 aromatic carbocycles. The van der Waals surface area contributed by atoms with Gasteiger partial charge in [0.05, 0.1) is 5.91 Å². The number of amides is 1. The van der Waals surface area contributed by atoms with Crippen molar-refractivity contribution in [1.82, 2.24) is 5.32 Å². The van der Waals surface area contributed by atoms with Crippen molar-refractivity contribution in [1.29, 1.82) is 0 Å². The molecule has 13 heavy (non-hydrogen) atoms. The molecule has 0 bridgehead atoms. The third kappa shape index (κ3) is 5.94. The van der Waals surface area contributed by atoms with Gasteiger partial charge in [0.2, 0.25) is 0 Å². The molecule has 0 unspecified atom stereocenters. The SMILES string of the molecule is C[CH-]C(=O)NC(C(C)=O)C(C)=O.[Y+3]. The maximum absolute atomic E-state index is 10.8. The summed E-state index contributed by atoms with van der Waals surface area (Å²) in [6.45, 7) is 4.07. The van der Waals surface area contributed by atoms with Gasteiger partial charge in [-0.3, -0.25) is 9.59 Å². The van der Waals surface area contributed by atoms with Gasteiger partial charge in [-0.15, -0.1) is 0 Å². The maximum Gasteiger partial charge on any atom is 3.00 e. The predicted octanol–water partition coefficient (Wildman–Crippen LogP) is -0.129. The first-order chi connectivity index (χ1) is 5.49. The molecule has 0 atom stereocenters. The van der Waals surface area contributed by atoms with Crippen LogP contribution in [0.4, 0.5) is 0 Å². The number of ketones is 2. The van der Waals surface area contributed by atoms with E-state index in [1.165, 1.54) is 27.2 Å². The summed E-state index contributed by atoms with van der Waals surface area (Å²) >= 11 is 0. The monoisotopic (exact) mass is 259 g/mol. The molecule has 0 radical (unpaired) electrons. The van der Waals surface area contributed by atoms with E-state index in [1.807, 2.05) is 0 Å². The van der Waals surface area contributed by atoms with E-state index in [9.17, 15) is 14.4 Å². The van der Waals surface area contributed by atoms with Crippen molar-refractivity contribution in [3.63, 3.8) is 0 Å². The Bertz CT molecular complexity index is 201. The Balaban J connectivity index is 0. The van der Waals surface area contributed by atoms with Crippen molar-refractivity contribution in [3.8, 4) is 0 Å². The second-order valence-corrected chi connectivity index (χ2v) is 2.45. The van der Waals surface area contributed by atoms with Crippen LogP contribution in [-0.2, 0) is 47.1 Å². The zero-order valence-electron chi connectivity index (χ0n) is 7.96. The van der Waals surface area contributed by atoms with Gasteiger partial charge < -0.3 is 16.5 Å². The molecule has 68 valence electrons. The third-order valence-electron chi connectivity index (χ3n) is 1.36. The molecule has 0 spiro atoms. The van der Waals surface area contributed by atoms with Gasteiger partial charge in [-0.1, -0.05) is 0 Å². The van der Waals surface area contributed by atoms with Crippen molar-refractivity contribution in [2.24, 2.45) is 0 Å². The molecular weight excluding hydrogens is 247 g/mol. The summed E-state index contributed by atoms with van der Waals surface area (Å²) in [5.74, 6) is -1.11. The summed E-state index contributed by atoms with van der Waals surface area (Å²) in [6.07, 6.45) is 1.26. The summed E-state index contributed by atoms with van der Waals surface area (Å²) in [4.78, 5) is 32.3. The molecule has 0 aromatic rings. The molecule has 0 aliphatic carbocycles. The van der Waals surface area contributed by atoms with E-state index in [4.69, 9.17) is 0 Å². The second-order valence-electron chi connectivity index (χ2n) is 2.45. The average molecular weight is 259 g/mol. The minimum atomic E-state index is -0.992. The van der Waals surface area contributed by atoms with E-state index in [0.29, 0.717) is 0 Å². The minimum absolute atomic E-state index is 0. The Labute approximate surface area is 103 Å². The van der Waals surface area contributed by atoms with Gasteiger partial charge in [0.15, 0.2) is 11.6 Å². The fourth-order valence-corrected chi connectivity index (χ4v) is 0.715. The first-order valence-corrected chi connectivity index (χ1v) is 3.59. The van der Waals surface area contributed by atoms with Gasteiger partial charge >= 0.3 is 32.7 Å². The summed E-state index contributed by atoms with van der Waals surface area (Å²) in [6, 6.07) is -0.992. The van der Waals surface area contributed by atoms with Gasteiger partial charge in [-0.2, -0.15) is 6.92 Å². The van der Waals surface area contributed by atoms with Gasteiger partial charge in [-0.05, 0) is 13.8 Å². The molecule has 0 saturated carbocycles. The molecule has 0 saturated heterocycles. The number of nitrogens with one attached hydrogen (secondary N) is 1. The number of hydrogen-bond acceptors (Lipinski definition) is 3. The summed E-state index contributed by atoms with van der Waals surface area (Å²) < 4.78 is 0. The predicted molar refractivity (Wildman–Crippen MR) is 43.3 cm³/mol. The van der Waals surface area contributed by atoms with Crippen molar-refractivity contribution >= 4 is 17.5 Å². The van der Waals surface area contributed by atoms with Crippen molar-refractivity contribution in [2.45, 2.75) is 26.8 Å². The minimum Gasteiger partial charge on any atom is -0.365 e. The van der Waals surface area contributed by atoms with Crippen LogP contribution in [0, 0.1) is 6.42 Å². The van der Waals surface area contributed by atoms with Crippen molar-refractivity contribution in [3.05, 3.63) is 6.42 Å². The van der Waals surface area contributed by atoms with Gasteiger partial charge in [-0.25, -0.2) is 0 Å². The summed E-state index contributed by atoms with van der Waals surface area (Å²) in [5, 5.41) is 2.27. The maximum atomic E-state index is 10.8. The van der Waals surface area contributed by atoms with Crippen LogP contribution in [0.3, 0.4) is 0 Å². The van der Waals surface area contributed by atoms with Crippen LogP contribution >= 0.6 is 0 Å². The average Bonchev–Trinajstić information content (AvgIpc) is 1.98. The Morgan fingerprint density at radius 2 is 1.54 bits per heavy atom. The molecule has 0 aliphatic rings. The Morgan fingerprint density at radius 3 is 1.77 bits per heavy atom. The number of carbonyl (C=O) groups excluding carboxylic acids is 3. The number of hydrogen-bond donors (Lipinski definition) is 1. The van der Waals surface area contributed by atoms with Crippen LogP contribution in [0.25, 0.3) is 0 Å². The van der Waals surface area contributed by atoms with E-state index in [1.54, 1.807) is 0 Å². The Hall–Kier alpha value is -0.216. The number of rotatable bonds is 4. The first kappa shape index (κ1) is 15.3. The molecule has 4 nitrogen and oxygen atoms in total. The molecule has 0 aliphatic heterocycles. The summed E-state index contributed by atoms with van der Waals surface area (Å²) in [5.41, 5.74) is 0. The van der Waals surface area contributed by atoms with E-state index in [0.717, 1.165) is 0 Å². The van der Waals surface area contributed by atoms with Crippen molar-refractivity contribution in [2.75, 3.05) is 0 Å². The molecule has 0 fully saturated rings. The molecule has 0 rings (SSSR count). The van der Waals surface area contributed by atoms with Crippen LogP contribution in [0.1, 0.15) is 20.8 Å². The molecule has 0 heterocycles. The molecule has 5 heteroatoms. The standard InChI is InChI=1S/C8H12NO3.Y/c1-4-7(12)9-8(5(2)10)6(3)11;/h4,8H,1-3H3,(H,9,12);/q-1;+3. The molecular formula is C8H12NO3Y+2. The first-order valence-electron chi connectivity index (χ1n) is 3.59.